The number of hydrogen-bond donors (Lipinski definition) is 0. The van der Waals surface area contributed by atoms with Crippen molar-refractivity contribution < 1.29 is 18.3 Å². The van der Waals surface area contributed by atoms with E-state index in [1.165, 1.54) is 19.3 Å². The maximum Gasteiger partial charge on any atom is 0.200 e. The lowest BCUT2D eigenvalue weighted by atomic mass is 9.83. The zero-order chi connectivity index (χ0) is 25.8. The molecule has 2 unspecified atom stereocenters. The summed E-state index contributed by atoms with van der Waals surface area (Å²) in [6.07, 6.45) is 15.3. The Morgan fingerprint density at radius 2 is 1.72 bits per heavy atom. The summed E-state index contributed by atoms with van der Waals surface area (Å²) < 4.78 is 40.9. The van der Waals surface area contributed by atoms with Crippen LogP contribution < -0.4 is 4.74 Å². The molecule has 2 atom stereocenters. The number of aromatic nitrogens is 2. The van der Waals surface area contributed by atoms with Gasteiger partial charge in [-0.3, -0.25) is 0 Å². The predicted octanol–water partition coefficient (Wildman–Crippen LogP) is 7.76. The van der Waals surface area contributed by atoms with Crippen LogP contribution >= 0.6 is 0 Å². The molecule has 0 saturated carbocycles. The minimum absolute atomic E-state index is 0.00494. The number of fused-ring (bicyclic) bond motifs is 1. The van der Waals surface area contributed by atoms with E-state index in [9.17, 15) is 8.78 Å². The van der Waals surface area contributed by atoms with Gasteiger partial charge in [-0.25, -0.2) is 14.4 Å². The van der Waals surface area contributed by atoms with E-state index in [0.717, 1.165) is 74.4 Å². The summed E-state index contributed by atoms with van der Waals surface area (Å²) in [6, 6.07) is 1.69. The molecule has 200 valence electrons. The molecule has 0 bridgehead atoms. The molecule has 1 aliphatic rings. The monoisotopic (exact) mass is 502 g/mol. The first-order chi connectivity index (χ1) is 17.5. The smallest absolute Gasteiger partial charge is 0.200 e. The molecule has 0 radical (unpaired) electrons. The van der Waals surface area contributed by atoms with Gasteiger partial charge in [0.25, 0.3) is 0 Å². The summed E-state index contributed by atoms with van der Waals surface area (Å²) in [6.45, 7) is 8.47. The molecule has 0 fully saturated rings. The molecule has 0 amide bonds. The van der Waals surface area contributed by atoms with Crippen molar-refractivity contribution >= 4 is 0 Å². The topological polar surface area (TPSA) is 44.2 Å². The molecule has 6 heteroatoms. The fraction of sp³-hybridized carbons (Fsp3) is 0.667. The van der Waals surface area contributed by atoms with Crippen LogP contribution in [-0.2, 0) is 24.0 Å². The summed E-state index contributed by atoms with van der Waals surface area (Å²) in [5.41, 5.74) is 2.42. The molecule has 36 heavy (non-hydrogen) atoms. The Morgan fingerprint density at radius 3 is 2.47 bits per heavy atom. The molecule has 1 aromatic carbocycles. The second-order valence-corrected chi connectivity index (χ2v) is 10.3. The zero-order valence-electron chi connectivity index (χ0n) is 22.5. The third kappa shape index (κ3) is 8.50. The van der Waals surface area contributed by atoms with Crippen molar-refractivity contribution in [2.75, 3.05) is 19.8 Å². The van der Waals surface area contributed by atoms with E-state index in [2.05, 4.69) is 30.7 Å². The Hall–Kier alpha value is -2.08. The number of rotatable bonds is 16. The molecule has 1 heterocycles. The Kier molecular flexibility index (Phi) is 12.1. The van der Waals surface area contributed by atoms with E-state index in [1.54, 1.807) is 6.07 Å². The molecule has 1 aromatic heterocycles. The lowest BCUT2D eigenvalue weighted by Crippen LogP contribution is -2.18. The molecule has 3 rings (SSSR count). The second kappa shape index (κ2) is 15.2. The number of ether oxygens (including phenoxy) is 2. The summed E-state index contributed by atoms with van der Waals surface area (Å²) in [5, 5.41) is 0. The molecular weight excluding hydrogens is 458 g/mol. The number of hydrogen-bond acceptors (Lipinski definition) is 4. The van der Waals surface area contributed by atoms with Crippen LogP contribution in [0.4, 0.5) is 8.78 Å². The number of halogens is 2. The highest BCUT2D eigenvalue weighted by atomic mass is 19.2. The van der Waals surface area contributed by atoms with E-state index < -0.39 is 11.6 Å². The second-order valence-electron chi connectivity index (χ2n) is 10.3. The van der Waals surface area contributed by atoms with E-state index in [1.807, 2.05) is 12.4 Å². The van der Waals surface area contributed by atoms with Gasteiger partial charge in [-0.2, -0.15) is 4.39 Å². The number of nitrogens with zero attached hydrogens (tertiary/aromatic N) is 2. The Balaban J connectivity index is 1.50. The fourth-order valence-electron chi connectivity index (χ4n) is 4.71. The molecule has 0 spiro atoms. The first-order valence-corrected chi connectivity index (χ1v) is 14.0. The molecular formula is C30H44F2N2O2. The van der Waals surface area contributed by atoms with Crippen LogP contribution in [-0.4, -0.2) is 29.8 Å². The Labute approximate surface area is 216 Å². The van der Waals surface area contributed by atoms with Crippen LogP contribution in [0, 0.1) is 17.6 Å². The maximum absolute atomic E-state index is 15.0. The molecule has 0 saturated heterocycles. The Morgan fingerprint density at radius 1 is 0.972 bits per heavy atom. The standard InChI is InChI=1S/C30H44F2N2O2/c1-4-6-15-35-16-9-10-17-36-27-19-24-13-14-25(18-26(24)28(31)29(27)32)30-33-20-23(21-34-30)12-8-7-11-22(3)5-2/h19-22,25H,4-18H2,1-3H3. The van der Waals surface area contributed by atoms with Crippen molar-refractivity contribution in [2.45, 2.75) is 104 Å². The normalized spacial score (nSPS) is 16.1. The van der Waals surface area contributed by atoms with Gasteiger partial charge in [-0.05, 0) is 80.0 Å². The lowest BCUT2D eigenvalue weighted by molar-refractivity contribution is 0.123. The van der Waals surface area contributed by atoms with Crippen molar-refractivity contribution in [2.24, 2.45) is 5.92 Å². The van der Waals surface area contributed by atoms with Gasteiger partial charge in [0.15, 0.2) is 11.6 Å². The quantitative estimate of drug-likeness (QED) is 0.220. The van der Waals surface area contributed by atoms with Crippen molar-refractivity contribution in [1.29, 1.82) is 0 Å². The number of aryl methyl sites for hydroxylation is 2. The minimum atomic E-state index is -0.887. The maximum atomic E-state index is 15.0. The van der Waals surface area contributed by atoms with Gasteiger partial charge < -0.3 is 9.47 Å². The van der Waals surface area contributed by atoms with Crippen LogP contribution in [0.5, 0.6) is 5.75 Å². The van der Waals surface area contributed by atoms with Crippen molar-refractivity contribution in [3.05, 3.63) is 52.6 Å². The van der Waals surface area contributed by atoms with E-state index in [0.29, 0.717) is 31.6 Å². The minimum Gasteiger partial charge on any atom is -0.490 e. The highest BCUT2D eigenvalue weighted by molar-refractivity contribution is 5.41. The van der Waals surface area contributed by atoms with E-state index in [-0.39, 0.29) is 11.7 Å². The van der Waals surface area contributed by atoms with Crippen molar-refractivity contribution in [1.82, 2.24) is 9.97 Å². The highest BCUT2D eigenvalue weighted by Gasteiger charge is 2.28. The van der Waals surface area contributed by atoms with Crippen LogP contribution in [0.3, 0.4) is 0 Å². The molecule has 0 N–H and O–H groups in total. The average Bonchev–Trinajstić information content (AvgIpc) is 2.90. The summed E-state index contributed by atoms with van der Waals surface area (Å²) in [4.78, 5) is 9.19. The summed E-state index contributed by atoms with van der Waals surface area (Å²) in [5.74, 6) is -0.137. The third-order valence-electron chi connectivity index (χ3n) is 7.36. The van der Waals surface area contributed by atoms with Crippen LogP contribution in [0.1, 0.15) is 107 Å². The van der Waals surface area contributed by atoms with Crippen molar-refractivity contribution in [3.8, 4) is 5.75 Å². The molecule has 1 aliphatic carbocycles. The summed E-state index contributed by atoms with van der Waals surface area (Å²) in [7, 11) is 0. The number of benzene rings is 1. The third-order valence-corrected chi connectivity index (χ3v) is 7.36. The van der Waals surface area contributed by atoms with Gasteiger partial charge in [-0.15, -0.1) is 0 Å². The lowest BCUT2D eigenvalue weighted by Gasteiger charge is -2.25. The van der Waals surface area contributed by atoms with Gasteiger partial charge in [-0.1, -0.05) is 46.5 Å². The van der Waals surface area contributed by atoms with Gasteiger partial charge in [0.1, 0.15) is 5.82 Å². The molecule has 0 aliphatic heterocycles. The van der Waals surface area contributed by atoms with Gasteiger partial charge in [0, 0.05) is 31.5 Å². The Bertz CT molecular complexity index is 920. The first-order valence-electron chi connectivity index (χ1n) is 14.0. The van der Waals surface area contributed by atoms with E-state index in [4.69, 9.17) is 9.47 Å². The van der Waals surface area contributed by atoms with Crippen molar-refractivity contribution in [3.63, 3.8) is 0 Å². The van der Waals surface area contributed by atoms with Crippen LogP contribution in [0.15, 0.2) is 18.5 Å². The summed E-state index contributed by atoms with van der Waals surface area (Å²) >= 11 is 0. The van der Waals surface area contributed by atoms with Gasteiger partial charge >= 0.3 is 0 Å². The van der Waals surface area contributed by atoms with Crippen LogP contribution in [0.2, 0.25) is 0 Å². The molecule has 4 nitrogen and oxygen atoms in total. The SMILES string of the molecule is CCCCOCCCCOc1cc2c(c(F)c1F)CC(c1ncc(CCCCC(C)CC)cn1)CC2. The first kappa shape index (κ1) is 28.5. The average molecular weight is 503 g/mol. The fourth-order valence-corrected chi connectivity index (χ4v) is 4.71. The zero-order valence-corrected chi connectivity index (χ0v) is 22.5. The predicted molar refractivity (Wildman–Crippen MR) is 141 cm³/mol. The van der Waals surface area contributed by atoms with E-state index >= 15 is 0 Å². The molecule has 2 aromatic rings. The van der Waals surface area contributed by atoms with Gasteiger partial charge in [0.2, 0.25) is 5.82 Å². The largest absolute Gasteiger partial charge is 0.490 e. The van der Waals surface area contributed by atoms with Gasteiger partial charge in [0.05, 0.1) is 6.61 Å². The van der Waals surface area contributed by atoms with Crippen LogP contribution in [0.25, 0.3) is 0 Å². The number of unbranched alkanes of at least 4 members (excludes halogenated alkanes) is 3. The highest BCUT2D eigenvalue weighted by Crippen LogP contribution is 2.36.